The molecule has 0 aliphatic rings. The Bertz CT molecular complexity index is 793. The Morgan fingerprint density at radius 1 is 1.00 bits per heavy atom. The quantitative estimate of drug-likeness (QED) is 0.419. The summed E-state index contributed by atoms with van der Waals surface area (Å²) in [6, 6.07) is 15.7. The van der Waals surface area contributed by atoms with Crippen molar-refractivity contribution in [3.8, 4) is 5.75 Å². The summed E-state index contributed by atoms with van der Waals surface area (Å²) in [4.78, 5) is 0. The molecule has 0 bridgehead atoms. The second kappa shape index (κ2) is 11.3. The molecule has 1 N–H and O–H groups in total. The van der Waals surface area contributed by atoms with Gasteiger partial charge in [-0.2, -0.15) is 0 Å². The monoisotopic (exact) mass is 417 g/mol. The number of nitrogens with one attached hydrogen (secondary N) is 1. The topological polar surface area (TPSA) is 56.8 Å². The van der Waals surface area contributed by atoms with Gasteiger partial charge in [0, 0.05) is 6.04 Å². The molecule has 158 valence electrons. The molecule has 1 atom stereocenters. The molecule has 0 aliphatic heterocycles. The minimum Gasteiger partial charge on any atom is -0.489 e. The number of hydrogen-bond donors (Lipinski definition) is 1. The SMILES string of the molecule is C=Cc1ccc(COc2ccc(C(NC(C)C)P(=O)(OCC)OCC)cc2)cc1. The molecule has 0 radical (unpaired) electrons. The highest BCUT2D eigenvalue weighted by molar-refractivity contribution is 7.54. The van der Waals surface area contributed by atoms with Crippen molar-refractivity contribution >= 4 is 13.7 Å². The van der Waals surface area contributed by atoms with Gasteiger partial charge in [0.05, 0.1) is 13.2 Å². The van der Waals surface area contributed by atoms with Gasteiger partial charge in [-0.1, -0.05) is 49.1 Å². The van der Waals surface area contributed by atoms with Gasteiger partial charge < -0.3 is 13.8 Å². The van der Waals surface area contributed by atoms with Crippen molar-refractivity contribution in [2.45, 2.75) is 46.1 Å². The van der Waals surface area contributed by atoms with E-state index in [2.05, 4.69) is 11.9 Å². The molecule has 0 saturated heterocycles. The van der Waals surface area contributed by atoms with Crippen molar-refractivity contribution in [3.63, 3.8) is 0 Å². The molecular weight excluding hydrogens is 385 g/mol. The third-order valence-corrected chi connectivity index (χ3v) is 6.56. The summed E-state index contributed by atoms with van der Waals surface area (Å²) in [6.45, 7) is 12.5. The summed E-state index contributed by atoms with van der Waals surface area (Å²) in [7, 11) is -3.35. The number of benzene rings is 2. The van der Waals surface area contributed by atoms with Gasteiger partial charge in [0.1, 0.15) is 18.1 Å². The fourth-order valence-corrected chi connectivity index (χ4v) is 5.01. The van der Waals surface area contributed by atoms with Crippen LogP contribution >= 0.6 is 7.60 Å². The smallest absolute Gasteiger partial charge is 0.351 e. The lowest BCUT2D eigenvalue weighted by Crippen LogP contribution is -2.29. The van der Waals surface area contributed by atoms with Gasteiger partial charge in [-0.15, -0.1) is 0 Å². The Morgan fingerprint density at radius 2 is 1.59 bits per heavy atom. The van der Waals surface area contributed by atoms with Crippen molar-refractivity contribution in [2.24, 2.45) is 0 Å². The zero-order valence-electron chi connectivity index (χ0n) is 17.8. The first kappa shape index (κ1) is 23.4. The Labute approximate surface area is 174 Å². The standard InChI is InChI=1S/C23H32NO4P/c1-6-19-9-11-20(12-10-19)17-26-22-15-13-21(14-16-22)23(24-18(4)5)29(25,27-7-2)28-8-3/h6,9-16,18,23-24H,1,7-8,17H2,2-5H3. The maximum Gasteiger partial charge on any atom is 0.351 e. The zero-order chi connectivity index (χ0) is 21.3. The van der Waals surface area contributed by atoms with Gasteiger partial charge in [0.25, 0.3) is 0 Å². The maximum atomic E-state index is 13.4. The van der Waals surface area contributed by atoms with E-state index in [0.29, 0.717) is 19.8 Å². The lowest BCUT2D eigenvalue weighted by molar-refractivity contribution is 0.206. The summed E-state index contributed by atoms with van der Waals surface area (Å²) in [5.74, 6) is 0.204. The molecule has 0 heterocycles. The second-order valence-electron chi connectivity index (χ2n) is 6.90. The number of rotatable bonds is 12. The van der Waals surface area contributed by atoms with E-state index in [1.54, 1.807) is 0 Å². The van der Waals surface area contributed by atoms with Crippen LogP contribution in [0.4, 0.5) is 0 Å². The molecular formula is C23H32NO4P. The molecule has 2 rings (SSSR count). The molecule has 0 spiro atoms. The Kier molecular flexibility index (Phi) is 9.12. The van der Waals surface area contributed by atoms with E-state index in [1.165, 1.54) is 0 Å². The van der Waals surface area contributed by atoms with Crippen LogP contribution < -0.4 is 10.1 Å². The Balaban J connectivity index is 2.14. The van der Waals surface area contributed by atoms with Gasteiger partial charge in [0.15, 0.2) is 0 Å². The Morgan fingerprint density at radius 3 is 2.07 bits per heavy atom. The van der Waals surface area contributed by atoms with Gasteiger partial charge in [0.2, 0.25) is 0 Å². The lowest BCUT2D eigenvalue weighted by atomic mass is 10.1. The fraction of sp³-hybridized carbons (Fsp3) is 0.391. The van der Waals surface area contributed by atoms with Crippen molar-refractivity contribution < 1.29 is 18.3 Å². The zero-order valence-corrected chi connectivity index (χ0v) is 18.7. The van der Waals surface area contributed by atoms with Gasteiger partial charge in [-0.25, -0.2) is 0 Å². The first-order chi connectivity index (χ1) is 13.9. The third-order valence-electron chi connectivity index (χ3n) is 4.24. The number of hydrogen-bond acceptors (Lipinski definition) is 5. The molecule has 0 amide bonds. The van der Waals surface area contributed by atoms with Crippen LogP contribution in [0.25, 0.3) is 6.08 Å². The molecule has 0 aliphatic carbocycles. The van der Waals surface area contributed by atoms with E-state index in [-0.39, 0.29) is 6.04 Å². The molecule has 2 aromatic carbocycles. The van der Waals surface area contributed by atoms with Crippen LogP contribution in [0.5, 0.6) is 5.75 Å². The van der Waals surface area contributed by atoms with Crippen molar-refractivity contribution in [3.05, 3.63) is 71.8 Å². The molecule has 0 fully saturated rings. The van der Waals surface area contributed by atoms with E-state index in [9.17, 15) is 4.57 Å². The van der Waals surface area contributed by atoms with Crippen LogP contribution in [0.2, 0.25) is 0 Å². The van der Waals surface area contributed by atoms with E-state index < -0.39 is 13.4 Å². The van der Waals surface area contributed by atoms with E-state index >= 15 is 0 Å². The second-order valence-corrected chi connectivity index (χ2v) is 9.02. The summed E-state index contributed by atoms with van der Waals surface area (Å²) < 4.78 is 30.4. The van der Waals surface area contributed by atoms with E-state index in [4.69, 9.17) is 13.8 Å². The van der Waals surface area contributed by atoms with Crippen molar-refractivity contribution in [1.82, 2.24) is 5.32 Å². The summed E-state index contributed by atoms with van der Waals surface area (Å²) in [5, 5.41) is 3.33. The maximum absolute atomic E-state index is 13.4. The molecule has 1 unspecified atom stereocenters. The molecule has 29 heavy (non-hydrogen) atoms. The predicted octanol–water partition coefficient (Wildman–Crippen LogP) is 6.17. The molecule has 2 aromatic rings. The first-order valence-electron chi connectivity index (χ1n) is 10.0. The predicted molar refractivity (Wildman–Crippen MR) is 119 cm³/mol. The van der Waals surface area contributed by atoms with Gasteiger partial charge in [-0.05, 0) is 56.5 Å². The molecule has 5 nitrogen and oxygen atoms in total. The van der Waals surface area contributed by atoms with Crippen molar-refractivity contribution in [2.75, 3.05) is 13.2 Å². The third kappa shape index (κ3) is 6.83. The average Bonchev–Trinajstić information content (AvgIpc) is 2.71. The van der Waals surface area contributed by atoms with E-state index in [1.807, 2.05) is 82.3 Å². The van der Waals surface area contributed by atoms with E-state index in [0.717, 1.165) is 22.4 Å². The fourth-order valence-electron chi connectivity index (χ4n) is 2.90. The van der Waals surface area contributed by atoms with Crippen LogP contribution in [0.3, 0.4) is 0 Å². The normalized spacial score (nSPS) is 12.7. The van der Waals surface area contributed by atoms with Crippen LogP contribution in [0.1, 0.15) is 50.2 Å². The van der Waals surface area contributed by atoms with Crippen LogP contribution in [0, 0.1) is 0 Å². The minimum absolute atomic E-state index is 0.115. The average molecular weight is 417 g/mol. The van der Waals surface area contributed by atoms with Gasteiger partial charge >= 0.3 is 7.60 Å². The number of ether oxygens (including phenoxy) is 1. The van der Waals surface area contributed by atoms with Crippen molar-refractivity contribution in [1.29, 1.82) is 0 Å². The highest BCUT2D eigenvalue weighted by Gasteiger charge is 2.37. The van der Waals surface area contributed by atoms with Crippen LogP contribution in [0.15, 0.2) is 55.1 Å². The summed E-state index contributed by atoms with van der Waals surface area (Å²) in [6.07, 6.45) is 1.81. The lowest BCUT2D eigenvalue weighted by Gasteiger charge is -2.29. The molecule has 0 saturated carbocycles. The Hall–Kier alpha value is -1.91. The summed E-state index contributed by atoms with van der Waals surface area (Å²) >= 11 is 0. The van der Waals surface area contributed by atoms with Gasteiger partial charge in [-0.3, -0.25) is 9.88 Å². The molecule has 6 heteroatoms. The highest BCUT2D eigenvalue weighted by atomic mass is 31.2. The van der Waals surface area contributed by atoms with Crippen LogP contribution in [-0.2, 0) is 20.2 Å². The highest BCUT2D eigenvalue weighted by Crippen LogP contribution is 2.59. The minimum atomic E-state index is -3.35. The van der Waals surface area contributed by atoms with Crippen LogP contribution in [-0.4, -0.2) is 19.3 Å². The molecule has 0 aromatic heterocycles. The first-order valence-corrected chi connectivity index (χ1v) is 11.6. The largest absolute Gasteiger partial charge is 0.489 e. The summed E-state index contributed by atoms with van der Waals surface area (Å²) in [5.41, 5.74) is 3.00.